The van der Waals surface area contributed by atoms with E-state index in [2.05, 4.69) is 10.5 Å². The van der Waals surface area contributed by atoms with Gasteiger partial charge in [-0.2, -0.15) is 14.8 Å². The molecule has 2 heterocycles. The van der Waals surface area contributed by atoms with Gasteiger partial charge in [-0.3, -0.25) is 9.36 Å². The van der Waals surface area contributed by atoms with Crippen LogP contribution in [0.2, 0.25) is 0 Å². The molecule has 0 bridgehead atoms. The van der Waals surface area contributed by atoms with Crippen LogP contribution in [0.15, 0.2) is 47.4 Å². The second-order valence-electron chi connectivity index (χ2n) is 9.69. The number of quaternary nitrogens is 1. The quantitative estimate of drug-likeness (QED) is 0.0648. The number of methoxy groups -OCH3 is 4. The molecule has 0 fully saturated rings. The molecule has 4 rings (SSSR count). The summed E-state index contributed by atoms with van der Waals surface area (Å²) in [7, 11) is 1.45. The fraction of sp³-hybridized carbons (Fsp3) is 0.400. The number of carbonyl (C=O) groups is 1. The van der Waals surface area contributed by atoms with E-state index in [0.717, 1.165) is 0 Å². The van der Waals surface area contributed by atoms with Crippen LogP contribution in [0.3, 0.4) is 0 Å². The molecule has 0 radical (unpaired) electrons. The lowest BCUT2D eigenvalue weighted by Crippen LogP contribution is -2.47. The van der Waals surface area contributed by atoms with Crippen LogP contribution in [-0.2, 0) is 13.8 Å². The molecule has 0 aliphatic carbocycles. The first-order valence-corrected chi connectivity index (χ1v) is 15.9. The summed E-state index contributed by atoms with van der Waals surface area (Å²) in [6, 6.07) is 6.32. The number of hydroxylamine groups is 4. The van der Waals surface area contributed by atoms with Crippen LogP contribution < -0.4 is 29.0 Å². The summed E-state index contributed by atoms with van der Waals surface area (Å²) in [5.41, 5.74) is 3.06. The van der Waals surface area contributed by atoms with Crippen molar-refractivity contribution >= 4 is 24.6 Å². The number of rotatable bonds is 17. The highest BCUT2D eigenvalue weighted by Gasteiger charge is 2.43. The molecule has 2 aromatic heterocycles. The Balaban J connectivity index is 1.96. The number of nitrogens with zero attached hydrogens (tertiary/aromatic N) is 3. The van der Waals surface area contributed by atoms with E-state index in [1.807, 2.05) is 20.8 Å². The number of hydrogen-bond donors (Lipinski definition) is 1. The van der Waals surface area contributed by atoms with Crippen LogP contribution >= 0.6 is 7.82 Å². The number of imidazole rings is 1. The SMILES string of the molecule is CCNOP(=O)(Oc1c(OC)ccc2c(C(=O)c3cc(OC)c(OC)c(OC)c3)c(-n3ccnc3)oc12)O[N+](CC)(CC)CC. The average molecular weight is 648 g/mol. The van der Waals surface area contributed by atoms with Crippen molar-refractivity contribution in [3.8, 4) is 34.6 Å². The van der Waals surface area contributed by atoms with E-state index in [-0.39, 0.29) is 38.7 Å². The molecule has 0 amide bonds. The first-order valence-electron chi connectivity index (χ1n) is 14.4. The zero-order valence-electron chi connectivity index (χ0n) is 26.7. The molecule has 1 unspecified atom stereocenters. The van der Waals surface area contributed by atoms with E-state index in [1.54, 1.807) is 48.1 Å². The highest BCUT2D eigenvalue weighted by molar-refractivity contribution is 7.48. The second kappa shape index (κ2) is 14.4. The smallest absolute Gasteiger partial charge is 0.493 e. The van der Waals surface area contributed by atoms with Gasteiger partial charge in [0.1, 0.15) is 26.0 Å². The number of ketones is 1. The van der Waals surface area contributed by atoms with E-state index < -0.39 is 13.6 Å². The molecule has 0 aliphatic heterocycles. The van der Waals surface area contributed by atoms with E-state index in [0.29, 0.717) is 48.8 Å². The highest BCUT2D eigenvalue weighted by atomic mass is 31.2. The van der Waals surface area contributed by atoms with Crippen molar-refractivity contribution in [2.75, 3.05) is 54.6 Å². The van der Waals surface area contributed by atoms with Crippen LogP contribution in [-0.4, -0.2) is 74.6 Å². The number of furan rings is 1. The molecular formula is C30H40N4O10P+. The van der Waals surface area contributed by atoms with Crippen molar-refractivity contribution in [1.29, 1.82) is 0 Å². The average Bonchev–Trinajstić information content (AvgIpc) is 3.74. The Labute approximate surface area is 261 Å². The molecule has 1 N–H and O–H groups in total. The third kappa shape index (κ3) is 6.65. The molecule has 14 nitrogen and oxygen atoms in total. The van der Waals surface area contributed by atoms with E-state index in [9.17, 15) is 9.36 Å². The van der Waals surface area contributed by atoms with Crippen LogP contribution in [0.4, 0.5) is 0 Å². The lowest BCUT2D eigenvalue weighted by molar-refractivity contribution is -1.08. The minimum Gasteiger partial charge on any atom is -0.493 e. The number of benzene rings is 2. The van der Waals surface area contributed by atoms with Gasteiger partial charge in [0.05, 0.1) is 34.0 Å². The van der Waals surface area contributed by atoms with Crippen LogP contribution in [0.1, 0.15) is 43.6 Å². The van der Waals surface area contributed by atoms with Crippen molar-refractivity contribution in [2.45, 2.75) is 27.7 Å². The zero-order valence-corrected chi connectivity index (χ0v) is 27.6. The normalized spacial score (nSPS) is 13.0. The number of hydrogen-bond acceptors (Lipinski definition) is 12. The molecule has 45 heavy (non-hydrogen) atoms. The Morgan fingerprint density at radius 3 is 2.09 bits per heavy atom. The first-order chi connectivity index (χ1) is 21.7. The standard InChI is InChI=1S/C30H40N4O10P/c1-9-32-43-45(36,44-34(10-2,11-3)12-4)42-29-22(37-5)14-13-21-25(30(41-27(21)29)33-16-15-31-19-33)26(35)20-17-23(38-6)28(40-8)24(18-20)39-7/h13-19,32H,9-12H2,1-8H3/q+1. The Hall–Kier alpha value is -4.07. The van der Waals surface area contributed by atoms with Crippen molar-refractivity contribution in [2.24, 2.45) is 0 Å². The molecule has 15 heteroatoms. The van der Waals surface area contributed by atoms with Gasteiger partial charge in [-0.1, -0.05) is 11.5 Å². The second-order valence-corrected chi connectivity index (χ2v) is 11.1. The number of phosphoric acid groups is 1. The summed E-state index contributed by atoms with van der Waals surface area (Å²) >= 11 is 0. The molecule has 4 aromatic rings. The fourth-order valence-electron chi connectivity index (χ4n) is 4.85. The number of aromatic nitrogens is 2. The maximum atomic E-state index is 14.3. The summed E-state index contributed by atoms with van der Waals surface area (Å²) in [6.07, 6.45) is 4.65. The van der Waals surface area contributed by atoms with Crippen molar-refractivity contribution in [3.63, 3.8) is 0 Å². The van der Waals surface area contributed by atoms with Gasteiger partial charge in [-0.05, 0) is 45.0 Å². The Kier molecular flexibility index (Phi) is 10.8. The summed E-state index contributed by atoms with van der Waals surface area (Å²) in [5, 5.41) is 0.338. The van der Waals surface area contributed by atoms with E-state index in [1.165, 1.54) is 34.8 Å². The van der Waals surface area contributed by atoms with Gasteiger partial charge >= 0.3 is 7.82 Å². The molecular weight excluding hydrogens is 607 g/mol. The van der Waals surface area contributed by atoms with Crippen molar-refractivity contribution < 1.29 is 51.1 Å². The summed E-state index contributed by atoms with van der Waals surface area (Å²) < 4.78 is 61.8. The van der Waals surface area contributed by atoms with Gasteiger partial charge in [0, 0.05) is 29.9 Å². The van der Waals surface area contributed by atoms with Gasteiger partial charge in [0.2, 0.25) is 17.4 Å². The zero-order chi connectivity index (χ0) is 32.8. The van der Waals surface area contributed by atoms with Crippen molar-refractivity contribution in [3.05, 3.63) is 54.1 Å². The topological polar surface area (TPSA) is 142 Å². The van der Waals surface area contributed by atoms with Gasteiger partial charge in [-0.15, -0.1) is 0 Å². The number of fused-ring (bicyclic) bond motifs is 1. The maximum absolute atomic E-state index is 14.3. The Morgan fingerprint density at radius 1 is 0.933 bits per heavy atom. The summed E-state index contributed by atoms with van der Waals surface area (Å²) in [6.45, 7) is 9.33. The number of ether oxygens (including phenoxy) is 4. The molecule has 1 atom stereocenters. The summed E-state index contributed by atoms with van der Waals surface area (Å²) in [4.78, 5) is 18.5. The van der Waals surface area contributed by atoms with Gasteiger partial charge < -0.3 is 27.9 Å². The van der Waals surface area contributed by atoms with E-state index >= 15 is 0 Å². The summed E-state index contributed by atoms with van der Waals surface area (Å²) in [5.74, 6) is 0.714. The number of nitrogens with one attached hydrogen (secondary N) is 1. The van der Waals surface area contributed by atoms with Gasteiger partial charge in [0.15, 0.2) is 28.6 Å². The first kappa shape index (κ1) is 33.8. The Morgan fingerprint density at radius 2 is 1.58 bits per heavy atom. The molecule has 0 saturated heterocycles. The van der Waals surface area contributed by atoms with Crippen molar-refractivity contribution in [1.82, 2.24) is 15.0 Å². The molecule has 244 valence electrons. The Bertz CT molecular complexity index is 1630. The van der Waals surface area contributed by atoms with Crippen LogP contribution in [0, 0.1) is 0 Å². The van der Waals surface area contributed by atoms with Crippen LogP contribution in [0.25, 0.3) is 16.9 Å². The highest BCUT2D eigenvalue weighted by Crippen LogP contribution is 2.55. The lowest BCUT2D eigenvalue weighted by Gasteiger charge is -2.33. The minimum absolute atomic E-state index is 0.00965. The third-order valence-corrected chi connectivity index (χ3v) is 8.70. The molecule has 0 aliphatic rings. The third-order valence-electron chi connectivity index (χ3n) is 7.40. The predicted molar refractivity (Wildman–Crippen MR) is 165 cm³/mol. The molecule has 2 aromatic carbocycles. The van der Waals surface area contributed by atoms with E-state index in [4.69, 9.17) is 37.1 Å². The molecule has 0 spiro atoms. The fourth-order valence-corrected chi connectivity index (χ4v) is 6.41. The van der Waals surface area contributed by atoms with Gasteiger partial charge in [-0.25, -0.2) is 9.55 Å². The largest absolute Gasteiger partial charge is 0.594 e. The molecule has 0 saturated carbocycles. The predicted octanol–water partition coefficient (Wildman–Crippen LogP) is 5.72. The van der Waals surface area contributed by atoms with Gasteiger partial charge in [0.25, 0.3) is 0 Å². The van der Waals surface area contributed by atoms with Crippen LogP contribution in [0.5, 0.6) is 28.7 Å². The lowest BCUT2D eigenvalue weighted by atomic mass is 10.0. The maximum Gasteiger partial charge on any atom is 0.594 e. The number of carbonyl (C=O) groups excluding carboxylic acids is 1. The monoisotopic (exact) mass is 647 g/mol. The minimum atomic E-state index is -4.38.